The third kappa shape index (κ3) is 3.96. The summed E-state index contributed by atoms with van der Waals surface area (Å²) in [6.07, 6.45) is 5.20. The van der Waals surface area contributed by atoms with E-state index in [9.17, 15) is 4.39 Å². The van der Waals surface area contributed by atoms with Crippen LogP contribution in [0.15, 0.2) is 43.1 Å². The lowest BCUT2D eigenvalue weighted by Gasteiger charge is -2.35. The van der Waals surface area contributed by atoms with E-state index in [-0.39, 0.29) is 5.02 Å². The molecule has 1 saturated heterocycles. The van der Waals surface area contributed by atoms with Gasteiger partial charge in [-0.3, -0.25) is 4.98 Å². The van der Waals surface area contributed by atoms with E-state index in [0.29, 0.717) is 5.92 Å². The number of hydrogen-bond acceptors (Lipinski definition) is 2. The molecule has 1 aromatic carbocycles. The topological polar surface area (TPSA) is 16.1 Å². The summed E-state index contributed by atoms with van der Waals surface area (Å²) in [7, 11) is 0. The number of hydrogen-bond donors (Lipinski definition) is 0. The van der Waals surface area contributed by atoms with Crippen LogP contribution >= 0.6 is 11.6 Å². The van der Waals surface area contributed by atoms with Gasteiger partial charge >= 0.3 is 0 Å². The minimum Gasteiger partial charge on any atom is -0.372 e. The smallest absolute Gasteiger partial charge is 0.141 e. The molecule has 2 heterocycles. The standard InChI is InChI=1S/C20H22ClFN2/c1-14-3-5-18(23-13-14)11-16-7-9-24(10-8-16)15(2)17-4-6-20(22)19(21)12-17/h3-6,12-13,16H,2,7-11H2,1H3. The lowest BCUT2D eigenvalue weighted by molar-refractivity contribution is 0.253. The second-order valence-electron chi connectivity index (χ2n) is 6.54. The molecule has 0 amide bonds. The molecule has 1 aliphatic rings. The number of likely N-dealkylation sites (tertiary alicyclic amines) is 1. The summed E-state index contributed by atoms with van der Waals surface area (Å²) in [6, 6.07) is 9.05. The van der Waals surface area contributed by atoms with Crippen LogP contribution in [0.5, 0.6) is 0 Å². The number of benzene rings is 1. The molecule has 24 heavy (non-hydrogen) atoms. The van der Waals surface area contributed by atoms with Gasteiger partial charge in [0, 0.05) is 30.7 Å². The number of piperidine rings is 1. The molecule has 2 aromatic rings. The van der Waals surface area contributed by atoms with Crippen molar-refractivity contribution in [1.29, 1.82) is 0 Å². The molecule has 0 unspecified atom stereocenters. The van der Waals surface area contributed by atoms with Crippen LogP contribution in [0.2, 0.25) is 5.02 Å². The third-order valence-electron chi connectivity index (χ3n) is 4.72. The van der Waals surface area contributed by atoms with E-state index in [1.807, 2.05) is 6.20 Å². The van der Waals surface area contributed by atoms with Crippen LogP contribution < -0.4 is 0 Å². The molecule has 1 fully saturated rings. The zero-order valence-electron chi connectivity index (χ0n) is 13.9. The maximum Gasteiger partial charge on any atom is 0.141 e. The van der Waals surface area contributed by atoms with E-state index in [1.54, 1.807) is 12.1 Å². The number of aromatic nitrogens is 1. The molecule has 3 rings (SSSR count). The molecule has 0 bridgehead atoms. The number of nitrogens with zero attached hydrogens (tertiary/aromatic N) is 2. The molecule has 0 saturated carbocycles. The number of pyridine rings is 1. The molecule has 0 aliphatic carbocycles. The summed E-state index contributed by atoms with van der Waals surface area (Å²) in [5.41, 5.74) is 4.18. The maximum absolute atomic E-state index is 13.3. The van der Waals surface area contributed by atoms with Gasteiger partial charge in [-0.1, -0.05) is 24.2 Å². The minimum atomic E-state index is -0.391. The quantitative estimate of drug-likeness (QED) is 0.766. The fourth-order valence-electron chi connectivity index (χ4n) is 3.18. The summed E-state index contributed by atoms with van der Waals surface area (Å²) < 4.78 is 13.3. The number of halogens is 2. The van der Waals surface area contributed by atoms with Crippen LogP contribution in [0.1, 0.15) is 29.7 Å². The Kier molecular flexibility index (Phi) is 5.20. The monoisotopic (exact) mass is 344 g/mol. The van der Waals surface area contributed by atoms with Crippen LogP contribution in [-0.4, -0.2) is 23.0 Å². The molecular formula is C20H22ClFN2. The Bertz CT molecular complexity index is 719. The van der Waals surface area contributed by atoms with Crippen molar-refractivity contribution < 1.29 is 4.39 Å². The molecule has 4 heteroatoms. The first-order valence-electron chi connectivity index (χ1n) is 8.34. The van der Waals surface area contributed by atoms with Crippen molar-refractivity contribution >= 4 is 17.3 Å². The SMILES string of the molecule is C=C(c1ccc(F)c(Cl)c1)N1CCC(Cc2ccc(C)cn2)CC1. The molecule has 1 aromatic heterocycles. The third-order valence-corrected chi connectivity index (χ3v) is 5.01. The molecule has 0 atom stereocenters. The van der Waals surface area contributed by atoms with E-state index in [1.165, 1.54) is 17.3 Å². The Morgan fingerprint density at radius 1 is 1.29 bits per heavy atom. The zero-order chi connectivity index (χ0) is 17.1. The fraction of sp³-hybridized carbons (Fsp3) is 0.350. The van der Waals surface area contributed by atoms with E-state index >= 15 is 0 Å². The van der Waals surface area contributed by atoms with E-state index in [2.05, 4.69) is 35.5 Å². The fourth-order valence-corrected chi connectivity index (χ4v) is 3.36. The van der Waals surface area contributed by atoms with Crippen molar-refractivity contribution in [2.24, 2.45) is 5.92 Å². The molecule has 0 spiro atoms. The molecule has 0 N–H and O–H groups in total. The van der Waals surface area contributed by atoms with Crippen molar-refractivity contribution in [2.75, 3.05) is 13.1 Å². The normalized spacial score (nSPS) is 15.5. The van der Waals surface area contributed by atoms with Gasteiger partial charge in [0.1, 0.15) is 5.82 Å². The van der Waals surface area contributed by atoms with Crippen molar-refractivity contribution in [3.05, 3.63) is 70.8 Å². The van der Waals surface area contributed by atoms with Crippen molar-refractivity contribution in [2.45, 2.75) is 26.2 Å². The van der Waals surface area contributed by atoms with E-state index in [0.717, 1.165) is 43.6 Å². The first-order chi connectivity index (χ1) is 11.5. The predicted molar refractivity (Wildman–Crippen MR) is 97.4 cm³/mol. The van der Waals surface area contributed by atoms with Gasteiger partial charge in [0.15, 0.2) is 0 Å². The van der Waals surface area contributed by atoms with Gasteiger partial charge in [-0.2, -0.15) is 0 Å². The molecule has 126 valence electrons. The lowest BCUT2D eigenvalue weighted by Crippen LogP contribution is -2.33. The highest BCUT2D eigenvalue weighted by atomic mass is 35.5. The molecular weight excluding hydrogens is 323 g/mol. The number of aryl methyl sites for hydroxylation is 1. The molecule has 0 radical (unpaired) electrons. The average Bonchev–Trinajstić information content (AvgIpc) is 2.59. The van der Waals surface area contributed by atoms with Crippen LogP contribution in [0.3, 0.4) is 0 Å². The van der Waals surface area contributed by atoms with Gasteiger partial charge in [0.2, 0.25) is 0 Å². The highest BCUT2D eigenvalue weighted by Crippen LogP contribution is 2.28. The zero-order valence-corrected chi connectivity index (χ0v) is 14.7. The largest absolute Gasteiger partial charge is 0.372 e. The second-order valence-corrected chi connectivity index (χ2v) is 6.94. The van der Waals surface area contributed by atoms with Gasteiger partial charge in [-0.15, -0.1) is 0 Å². The number of rotatable bonds is 4. The Balaban J connectivity index is 1.57. The summed E-state index contributed by atoms with van der Waals surface area (Å²) in [5, 5.41) is 0.147. The maximum atomic E-state index is 13.3. The second kappa shape index (κ2) is 7.35. The minimum absolute atomic E-state index is 0.147. The van der Waals surface area contributed by atoms with E-state index in [4.69, 9.17) is 11.6 Å². The summed E-state index contributed by atoms with van der Waals surface area (Å²) in [4.78, 5) is 6.78. The Labute approximate surface area is 148 Å². The van der Waals surface area contributed by atoms with Crippen molar-refractivity contribution in [3.63, 3.8) is 0 Å². The van der Waals surface area contributed by atoms with Crippen LogP contribution in [0.25, 0.3) is 5.70 Å². The molecule has 2 nitrogen and oxygen atoms in total. The highest BCUT2D eigenvalue weighted by Gasteiger charge is 2.21. The van der Waals surface area contributed by atoms with E-state index < -0.39 is 5.82 Å². The Morgan fingerprint density at radius 3 is 2.67 bits per heavy atom. The average molecular weight is 345 g/mol. The summed E-state index contributed by atoms with van der Waals surface area (Å²) in [6.45, 7) is 8.15. The Morgan fingerprint density at radius 2 is 2.04 bits per heavy atom. The van der Waals surface area contributed by atoms with Crippen LogP contribution in [0.4, 0.5) is 4.39 Å². The van der Waals surface area contributed by atoms with Gasteiger partial charge < -0.3 is 4.90 Å². The predicted octanol–water partition coefficient (Wildman–Crippen LogP) is 5.11. The van der Waals surface area contributed by atoms with Gasteiger partial charge in [0.25, 0.3) is 0 Å². The lowest BCUT2D eigenvalue weighted by atomic mass is 9.91. The van der Waals surface area contributed by atoms with Crippen molar-refractivity contribution in [1.82, 2.24) is 9.88 Å². The summed E-state index contributed by atoms with van der Waals surface area (Å²) >= 11 is 5.88. The Hall–Kier alpha value is -1.87. The van der Waals surface area contributed by atoms with Crippen molar-refractivity contribution in [3.8, 4) is 0 Å². The first kappa shape index (κ1) is 17.0. The summed E-state index contributed by atoms with van der Waals surface area (Å²) in [5.74, 6) is 0.263. The van der Waals surface area contributed by atoms with Crippen LogP contribution in [0, 0.1) is 18.7 Å². The van der Waals surface area contributed by atoms with Crippen LogP contribution in [-0.2, 0) is 6.42 Å². The first-order valence-corrected chi connectivity index (χ1v) is 8.71. The van der Waals surface area contributed by atoms with Gasteiger partial charge in [-0.05, 0) is 67.5 Å². The van der Waals surface area contributed by atoms with Gasteiger partial charge in [0.05, 0.1) is 5.02 Å². The van der Waals surface area contributed by atoms with Gasteiger partial charge in [-0.25, -0.2) is 4.39 Å². The molecule has 1 aliphatic heterocycles. The highest BCUT2D eigenvalue weighted by molar-refractivity contribution is 6.30.